The Labute approximate surface area is 102 Å². The molecule has 0 aromatic heterocycles. The fourth-order valence-electron chi connectivity index (χ4n) is 2.13. The molecule has 1 aliphatic carbocycles. The van der Waals surface area contributed by atoms with Crippen LogP contribution in [0.15, 0.2) is 0 Å². The molecule has 0 aromatic rings. The summed E-state index contributed by atoms with van der Waals surface area (Å²) in [4.78, 5) is 14.3. The minimum atomic E-state index is 0.240. The van der Waals surface area contributed by atoms with Crippen LogP contribution < -0.4 is 0 Å². The smallest absolute Gasteiger partial charge is 0.225 e. The molecule has 0 aromatic carbocycles. The highest BCUT2D eigenvalue weighted by Crippen LogP contribution is 2.27. The Bertz CT molecular complexity index is 200. The first-order chi connectivity index (χ1) is 7.24. The summed E-state index contributed by atoms with van der Waals surface area (Å²) in [5.74, 6) is 0.619. The van der Waals surface area contributed by atoms with Gasteiger partial charge in [-0.1, -0.05) is 29.8 Å². The topological polar surface area (TPSA) is 20.3 Å². The van der Waals surface area contributed by atoms with Gasteiger partial charge in [0.05, 0.1) is 0 Å². The SMILES string of the molecule is CCC(CC)C(=O)N(CCBr)C1CCC1. The summed E-state index contributed by atoms with van der Waals surface area (Å²) in [5.41, 5.74) is 0. The summed E-state index contributed by atoms with van der Waals surface area (Å²) in [5, 5.41) is 0.898. The first kappa shape index (κ1) is 13.0. The second kappa shape index (κ2) is 6.51. The fourth-order valence-corrected chi connectivity index (χ4v) is 2.52. The monoisotopic (exact) mass is 275 g/mol. The van der Waals surface area contributed by atoms with Crippen LogP contribution in [-0.2, 0) is 4.79 Å². The Morgan fingerprint density at radius 1 is 1.40 bits per heavy atom. The highest BCUT2D eigenvalue weighted by molar-refractivity contribution is 9.09. The molecule has 2 nitrogen and oxygen atoms in total. The number of hydrogen-bond acceptors (Lipinski definition) is 1. The Morgan fingerprint density at radius 2 is 2.00 bits per heavy atom. The first-order valence-electron chi connectivity index (χ1n) is 6.11. The van der Waals surface area contributed by atoms with Crippen molar-refractivity contribution in [2.45, 2.75) is 52.0 Å². The van der Waals surface area contributed by atoms with Crippen molar-refractivity contribution in [1.82, 2.24) is 4.90 Å². The van der Waals surface area contributed by atoms with Crippen LogP contribution >= 0.6 is 15.9 Å². The number of rotatable bonds is 6. The van der Waals surface area contributed by atoms with Crippen LogP contribution in [0.3, 0.4) is 0 Å². The summed E-state index contributed by atoms with van der Waals surface area (Å²) in [7, 11) is 0. The minimum absolute atomic E-state index is 0.240. The number of hydrogen-bond donors (Lipinski definition) is 0. The molecule has 0 aliphatic heterocycles. The molecule has 0 N–H and O–H groups in total. The van der Waals surface area contributed by atoms with E-state index in [4.69, 9.17) is 0 Å². The van der Waals surface area contributed by atoms with E-state index in [9.17, 15) is 4.79 Å². The van der Waals surface area contributed by atoms with Crippen molar-refractivity contribution in [2.24, 2.45) is 5.92 Å². The first-order valence-corrected chi connectivity index (χ1v) is 7.23. The highest BCUT2D eigenvalue weighted by Gasteiger charge is 2.30. The van der Waals surface area contributed by atoms with Gasteiger partial charge in [0, 0.05) is 23.8 Å². The molecule has 0 radical (unpaired) electrons. The molecule has 15 heavy (non-hydrogen) atoms. The van der Waals surface area contributed by atoms with Gasteiger partial charge in [-0.05, 0) is 32.1 Å². The van der Waals surface area contributed by atoms with Crippen LogP contribution in [0.25, 0.3) is 0 Å². The maximum atomic E-state index is 12.2. The molecule has 1 rings (SSSR count). The molecule has 1 amide bonds. The average Bonchev–Trinajstić information content (AvgIpc) is 2.16. The zero-order valence-corrected chi connectivity index (χ0v) is 11.4. The number of carbonyl (C=O) groups excluding carboxylic acids is 1. The van der Waals surface area contributed by atoms with Crippen molar-refractivity contribution in [3.05, 3.63) is 0 Å². The van der Waals surface area contributed by atoms with E-state index < -0.39 is 0 Å². The maximum absolute atomic E-state index is 12.2. The molecule has 88 valence electrons. The van der Waals surface area contributed by atoms with Gasteiger partial charge in [-0.3, -0.25) is 4.79 Å². The summed E-state index contributed by atoms with van der Waals surface area (Å²) < 4.78 is 0. The van der Waals surface area contributed by atoms with Gasteiger partial charge in [0.2, 0.25) is 5.91 Å². The van der Waals surface area contributed by atoms with Crippen molar-refractivity contribution in [2.75, 3.05) is 11.9 Å². The van der Waals surface area contributed by atoms with Crippen molar-refractivity contribution in [3.8, 4) is 0 Å². The van der Waals surface area contributed by atoms with Crippen molar-refractivity contribution < 1.29 is 4.79 Å². The van der Waals surface area contributed by atoms with Gasteiger partial charge < -0.3 is 4.90 Å². The normalized spacial score (nSPS) is 16.5. The predicted molar refractivity (Wildman–Crippen MR) is 67.2 cm³/mol. The molecule has 0 saturated heterocycles. The molecule has 0 spiro atoms. The molecular formula is C12H22BrNO. The lowest BCUT2D eigenvalue weighted by molar-refractivity contribution is -0.139. The van der Waals surface area contributed by atoms with Gasteiger partial charge in [-0.15, -0.1) is 0 Å². The van der Waals surface area contributed by atoms with Crippen LogP contribution in [-0.4, -0.2) is 28.7 Å². The van der Waals surface area contributed by atoms with E-state index in [0.717, 1.165) is 24.7 Å². The van der Waals surface area contributed by atoms with Crippen LogP contribution in [0.1, 0.15) is 46.0 Å². The summed E-state index contributed by atoms with van der Waals surface area (Å²) in [6.07, 6.45) is 5.65. The zero-order chi connectivity index (χ0) is 11.3. The minimum Gasteiger partial charge on any atom is -0.339 e. The van der Waals surface area contributed by atoms with Crippen molar-refractivity contribution in [1.29, 1.82) is 0 Å². The maximum Gasteiger partial charge on any atom is 0.225 e. The van der Waals surface area contributed by atoms with E-state index >= 15 is 0 Å². The largest absolute Gasteiger partial charge is 0.339 e. The van der Waals surface area contributed by atoms with E-state index in [-0.39, 0.29) is 5.92 Å². The summed E-state index contributed by atoms with van der Waals surface area (Å²) >= 11 is 3.44. The Hall–Kier alpha value is -0.0500. The van der Waals surface area contributed by atoms with E-state index in [1.807, 2.05) is 0 Å². The van der Waals surface area contributed by atoms with E-state index in [2.05, 4.69) is 34.7 Å². The highest BCUT2D eigenvalue weighted by atomic mass is 79.9. The van der Waals surface area contributed by atoms with Crippen molar-refractivity contribution >= 4 is 21.8 Å². The van der Waals surface area contributed by atoms with Crippen LogP contribution in [0, 0.1) is 5.92 Å². The van der Waals surface area contributed by atoms with Crippen LogP contribution in [0.2, 0.25) is 0 Å². The molecular weight excluding hydrogens is 254 g/mol. The summed E-state index contributed by atoms with van der Waals surface area (Å²) in [6.45, 7) is 5.10. The number of carbonyl (C=O) groups is 1. The number of halogens is 1. The van der Waals surface area contributed by atoms with Crippen LogP contribution in [0.5, 0.6) is 0 Å². The predicted octanol–water partition coefficient (Wildman–Crippen LogP) is 3.20. The molecule has 1 aliphatic rings. The molecule has 3 heteroatoms. The Kier molecular flexibility index (Phi) is 5.65. The number of alkyl halides is 1. The third-order valence-corrected chi connectivity index (χ3v) is 3.81. The molecule has 1 fully saturated rings. The van der Waals surface area contributed by atoms with Gasteiger partial charge in [-0.2, -0.15) is 0 Å². The lowest BCUT2D eigenvalue weighted by atomic mass is 9.89. The van der Waals surface area contributed by atoms with Gasteiger partial charge in [0.25, 0.3) is 0 Å². The summed E-state index contributed by atoms with van der Waals surface area (Å²) in [6, 6.07) is 0.538. The quantitative estimate of drug-likeness (QED) is 0.682. The van der Waals surface area contributed by atoms with Gasteiger partial charge in [0.1, 0.15) is 0 Å². The molecule has 0 bridgehead atoms. The lowest BCUT2D eigenvalue weighted by Gasteiger charge is -2.39. The van der Waals surface area contributed by atoms with E-state index in [0.29, 0.717) is 11.9 Å². The van der Waals surface area contributed by atoms with Crippen LogP contribution in [0.4, 0.5) is 0 Å². The van der Waals surface area contributed by atoms with Gasteiger partial charge in [0.15, 0.2) is 0 Å². The van der Waals surface area contributed by atoms with Crippen molar-refractivity contribution in [3.63, 3.8) is 0 Å². The second-order valence-corrected chi connectivity index (χ2v) is 5.11. The Morgan fingerprint density at radius 3 is 2.33 bits per heavy atom. The van der Waals surface area contributed by atoms with E-state index in [1.54, 1.807) is 0 Å². The molecule has 0 atom stereocenters. The van der Waals surface area contributed by atoms with Gasteiger partial charge in [-0.25, -0.2) is 0 Å². The molecule has 1 saturated carbocycles. The third kappa shape index (κ3) is 3.20. The second-order valence-electron chi connectivity index (χ2n) is 4.32. The average molecular weight is 276 g/mol. The molecule has 0 heterocycles. The third-order valence-electron chi connectivity index (χ3n) is 3.46. The lowest BCUT2D eigenvalue weighted by Crippen LogP contribution is -2.47. The Balaban J connectivity index is 2.56. The zero-order valence-electron chi connectivity index (χ0n) is 9.84. The number of nitrogens with zero attached hydrogens (tertiary/aromatic N) is 1. The fraction of sp³-hybridized carbons (Fsp3) is 0.917. The van der Waals surface area contributed by atoms with Gasteiger partial charge >= 0.3 is 0 Å². The number of amides is 1. The standard InChI is InChI=1S/C12H22BrNO/c1-3-10(4-2)12(15)14(9-8-13)11-6-5-7-11/h10-11H,3-9H2,1-2H3. The molecule has 0 unspecified atom stereocenters. The van der Waals surface area contributed by atoms with E-state index in [1.165, 1.54) is 19.3 Å².